The highest BCUT2D eigenvalue weighted by atomic mass is 32.2. The van der Waals surface area contributed by atoms with Gasteiger partial charge in [-0.15, -0.1) is 0 Å². The van der Waals surface area contributed by atoms with Crippen molar-refractivity contribution in [1.29, 1.82) is 0 Å². The van der Waals surface area contributed by atoms with Gasteiger partial charge in [0.05, 0.1) is 5.69 Å². The van der Waals surface area contributed by atoms with Gasteiger partial charge in [-0.3, -0.25) is 0 Å². The third-order valence-corrected chi connectivity index (χ3v) is 2.57. The Bertz CT molecular complexity index is 488. The first-order chi connectivity index (χ1) is 8.29. The molecule has 2 rings (SSSR count). The first-order valence-corrected chi connectivity index (χ1v) is 6.37. The third-order valence-electron chi connectivity index (χ3n) is 2.15. The van der Waals surface area contributed by atoms with E-state index < -0.39 is 0 Å². The van der Waals surface area contributed by atoms with E-state index in [2.05, 4.69) is 4.72 Å². The third kappa shape index (κ3) is 3.07. The Morgan fingerprint density at radius 1 is 1.12 bits per heavy atom. The number of phenolic OH excluding ortho intramolecular Hbond substituents is 1. The molecule has 3 nitrogen and oxygen atoms in total. The number of benzene rings is 2. The van der Waals surface area contributed by atoms with E-state index >= 15 is 0 Å². The molecule has 0 amide bonds. The zero-order valence-corrected chi connectivity index (χ0v) is 10.2. The van der Waals surface area contributed by atoms with E-state index in [1.807, 2.05) is 36.6 Å². The molecule has 0 aromatic heterocycles. The first kappa shape index (κ1) is 11.7. The van der Waals surface area contributed by atoms with E-state index in [9.17, 15) is 5.11 Å². The van der Waals surface area contributed by atoms with Crippen LogP contribution in [0.1, 0.15) is 0 Å². The maximum atomic E-state index is 9.47. The normalized spacial score (nSPS) is 9.94. The minimum atomic E-state index is 0.183. The lowest BCUT2D eigenvalue weighted by Gasteiger charge is -2.11. The summed E-state index contributed by atoms with van der Waals surface area (Å²) in [5, 5.41) is 9.47. The molecule has 4 heteroatoms. The maximum Gasteiger partial charge on any atom is 0.155 e. The molecule has 0 fully saturated rings. The summed E-state index contributed by atoms with van der Waals surface area (Å²) < 4.78 is 8.81. The van der Waals surface area contributed by atoms with Crippen LogP contribution in [0.3, 0.4) is 0 Å². The average molecular weight is 247 g/mol. The van der Waals surface area contributed by atoms with Crippen molar-refractivity contribution in [2.75, 3.05) is 11.0 Å². The minimum absolute atomic E-state index is 0.183. The van der Waals surface area contributed by atoms with Gasteiger partial charge in [0, 0.05) is 12.3 Å². The van der Waals surface area contributed by atoms with Crippen LogP contribution in [0.2, 0.25) is 0 Å². The highest BCUT2D eigenvalue weighted by molar-refractivity contribution is 7.99. The molecule has 0 aliphatic heterocycles. The van der Waals surface area contributed by atoms with Crippen molar-refractivity contribution in [3.05, 3.63) is 48.5 Å². The molecule has 0 heterocycles. The molecule has 0 atom stereocenters. The number of ether oxygens (including phenoxy) is 1. The van der Waals surface area contributed by atoms with Gasteiger partial charge in [0.1, 0.15) is 11.5 Å². The summed E-state index contributed by atoms with van der Waals surface area (Å²) in [7, 11) is 0. The van der Waals surface area contributed by atoms with Crippen LogP contribution >= 0.6 is 11.9 Å². The van der Waals surface area contributed by atoms with Crippen molar-refractivity contribution in [2.45, 2.75) is 0 Å². The molecule has 0 aliphatic rings. The standard InChI is InChI=1S/C13H13NO2S/c1-17-14-12-8-7-10(15)9-13(12)16-11-5-3-2-4-6-11/h2-9,14-15H,1H3. The fourth-order valence-electron chi connectivity index (χ4n) is 1.41. The van der Waals surface area contributed by atoms with Crippen LogP contribution in [0.5, 0.6) is 17.2 Å². The van der Waals surface area contributed by atoms with Gasteiger partial charge in [-0.05, 0) is 24.3 Å². The molecular weight excluding hydrogens is 234 g/mol. The highest BCUT2D eigenvalue weighted by Crippen LogP contribution is 2.33. The van der Waals surface area contributed by atoms with Crippen LogP contribution in [0.25, 0.3) is 0 Å². The molecule has 2 N–H and O–H groups in total. The van der Waals surface area contributed by atoms with E-state index in [0.717, 1.165) is 11.4 Å². The van der Waals surface area contributed by atoms with Gasteiger partial charge in [-0.1, -0.05) is 30.1 Å². The van der Waals surface area contributed by atoms with E-state index in [0.29, 0.717) is 5.75 Å². The summed E-state index contributed by atoms with van der Waals surface area (Å²) in [6.45, 7) is 0. The molecule has 0 bridgehead atoms. The largest absolute Gasteiger partial charge is 0.508 e. The predicted molar refractivity (Wildman–Crippen MR) is 71.8 cm³/mol. The van der Waals surface area contributed by atoms with Gasteiger partial charge in [0.15, 0.2) is 5.75 Å². The summed E-state index contributed by atoms with van der Waals surface area (Å²) in [6, 6.07) is 14.5. The summed E-state index contributed by atoms with van der Waals surface area (Å²) in [6.07, 6.45) is 1.93. The van der Waals surface area contributed by atoms with E-state index in [1.54, 1.807) is 18.2 Å². The van der Waals surface area contributed by atoms with Gasteiger partial charge in [0.25, 0.3) is 0 Å². The minimum Gasteiger partial charge on any atom is -0.508 e. The fourth-order valence-corrected chi connectivity index (χ4v) is 1.79. The summed E-state index contributed by atoms with van der Waals surface area (Å²) >= 11 is 1.47. The molecular formula is C13H13NO2S. The predicted octanol–water partition coefficient (Wildman–Crippen LogP) is 3.87. The molecule has 0 radical (unpaired) electrons. The molecule has 0 saturated heterocycles. The second-order valence-electron chi connectivity index (χ2n) is 3.40. The number of hydrogen-bond donors (Lipinski definition) is 2. The SMILES string of the molecule is CSNc1ccc(O)cc1Oc1ccccc1. The molecule has 17 heavy (non-hydrogen) atoms. The molecule has 88 valence electrons. The van der Waals surface area contributed by atoms with Crippen molar-refractivity contribution in [3.63, 3.8) is 0 Å². The number of nitrogens with one attached hydrogen (secondary N) is 1. The summed E-state index contributed by atoms with van der Waals surface area (Å²) in [4.78, 5) is 0. The lowest BCUT2D eigenvalue weighted by Crippen LogP contribution is -1.91. The van der Waals surface area contributed by atoms with Crippen LogP contribution in [0.4, 0.5) is 5.69 Å². The zero-order valence-electron chi connectivity index (χ0n) is 9.38. The number of hydrogen-bond acceptors (Lipinski definition) is 4. The fraction of sp³-hybridized carbons (Fsp3) is 0.0769. The van der Waals surface area contributed by atoms with Crippen LogP contribution in [-0.4, -0.2) is 11.4 Å². The second kappa shape index (κ2) is 5.50. The number of para-hydroxylation sites is 1. The molecule has 0 aliphatic carbocycles. The number of aromatic hydroxyl groups is 1. The van der Waals surface area contributed by atoms with Crippen molar-refractivity contribution in [2.24, 2.45) is 0 Å². The van der Waals surface area contributed by atoms with Crippen molar-refractivity contribution >= 4 is 17.6 Å². The summed E-state index contributed by atoms with van der Waals surface area (Å²) in [5.74, 6) is 1.52. The summed E-state index contributed by atoms with van der Waals surface area (Å²) in [5.41, 5.74) is 0.833. The first-order valence-electron chi connectivity index (χ1n) is 5.14. The number of anilines is 1. The number of rotatable bonds is 4. The van der Waals surface area contributed by atoms with Crippen LogP contribution < -0.4 is 9.46 Å². The average Bonchev–Trinajstić information content (AvgIpc) is 2.34. The highest BCUT2D eigenvalue weighted by Gasteiger charge is 2.05. The van der Waals surface area contributed by atoms with Gasteiger partial charge in [-0.2, -0.15) is 0 Å². The van der Waals surface area contributed by atoms with Gasteiger partial charge >= 0.3 is 0 Å². The van der Waals surface area contributed by atoms with Crippen LogP contribution in [0.15, 0.2) is 48.5 Å². The molecule has 0 spiro atoms. The lowest BCUT2D eigenvalue weighted by atomic mass is 10.3. The Morgan fingerprint density at radius 3 is 2.59 bits per heavy atom. The Kier molecular flexibility index (Phi) is 3.77. The van der Waals surface area contributed by atoms with Gasteiger partial charge < -0.3 is 14.6 Å². The van der Waals surface area contributed by atoms with Crippen molar-refractivity contribution in [3.8, 4) is 17.2 Å². The van der Waals surface area contributed by atoms with E-state index in [4.69, 9.17) is 4.74 Å². The second-order valence-corrected chi connectivity index (χ2v) is 4.01. The molecule has 0 saturated carbocycles. The molecule has 2 aromatic carbocycles. The van der Waals surface area contributed by atoms with Crippen molar-refractivity contribution < 1.29 is 9.84 Å². The lowest BCUT2D eigenvalue weighted by molar-refractivity contribution is 0.456. The van der Waals surface area contributed by atoms with Crippen molar-refractivity contribution in [1.82, 2.24) is 0 Å². The van der Waals surface area contributed by atoms with E-state index in [-0.39, 0.29) is 5.75 Å². The Morgan fingerprint density at radius 2 is 1.88 bits per heavy atom. The van der Waals surface area contributed by atoms with Crippen LogP contribution in [0, 0.1) is 0 Å². The Hall–Kier alpha value is -1.81. The quantitative estimate of drug-likeness (QED) is 0.635. The maximum absolute atomic E-state index is 9.47. The van der Waals surface area contributed by atoms with Gasteiger partial charge in [-0.25, -0.2) is 0 Å². The van der Waals surface area contributed by atoms with E-state index in [1.165, 1.54) is 11.9 Å². The Labute approximate surface area is 105 Å². The van der Waals surface area contributed by atoms with Gasteiger partial charge in [0.2, 0.25) is 0 Å². The smallest absolute Gasteiger partial charge is 0.155 e. The zero-order chi connectivity index (χ0) is 12.1. The topological polar surface area (TPSA) is 41.5 Å². The Balaban J connectivity index is 2.27. The molecule has 0 unspecified atom stereocenters. The number of phenols is 1. The van der Waals surface area contributed by atoms with Crippen LogP contribution in [-0.2, 0) is 0 Å². The molecule has 2 aromatic rings. The monoisotopic (exact) mass is 247 g/mol.